The Morgan fingerprint density at radius 3 is 3.00 bits per heavy atom. The number of hydrogen-bond acceptors (Lipinski definition) is 5. The van der Waals surface area contributed by atoms with E-state index in [1.54, 1.807) is 22.7 Å². The van der Waals surface area contributed by atoms with Gasteiger partial charge in [0.15, 0.2) is 0 Å². The summed E-state index contributed by atoms with van der Waals surface area (Å²) in [4.78, 5) is 6.97. The van der Waals surface area contributed by atoms with Crippen molar-refractivity contribution in [1.82, 2.24) is 20.5 Å². The van der Waals surface area contributed by atoms with E-state index < -0.39 is 0 Å². The smallest absolute Gasteiger partial charge is 0.107 e. The normalized spacial score (nSPS) is 11.1. The van der Waals surface area contributed by atoms with E-state index in [1.807, 2.05) is 12.4 Å². The number of nitrogens with zero attached hydrogens (tertiary/aromatic N) is 2. The van der Waals surface area contributed by atoms with Gasteiger partial charge >= 0.3 is 0 Å². The molecule has 0 saturated heterocycles. The summed E-state index contributed by atoms with van der Waals surface area (Å²) in [5.74, 6) is 0. The first-order chi connectivity index (χ1) is 9.86. The highest BCUT2D eigenvalue weighted by molar-refractivity contribution is 7.13. The van der Waals surface area contributed by atoms with Crippen LogP contribution in [0.1, 0.15) is 22.4 Å². The first-order valence-corrected chi connectivity index (χ1v) is 8.27. The Morgan fingerprint density at radius 2 is 2.25 bits per heavy atom. The second-order valence-corrected chi connectivity index (χ2v) is 6.57. The SMILES string of the molecule is CCc1cnc(CNCc2cn[nH]c2-c2cccs2)s1. The van der Waals surface area contributed by atoms with Crippen LogP contribution in [0.2, 0.25) is 0 Å². The van der Waals surface area contributed by atoms with Gasteiger partial charge in [0.1, 0.15) is 5.01 Å². The molecular weight excluding hydrogens is 288 g/mol. The lowest BCUT2D eigenvalue weighted by molar-refractivity contribution is 0.691. The van der Waals surface area contributed by atoms with E-state index in [0.717, 1.165) is 30.2 Å². The Bertz CT molecular complexity index is 654. The van der Waals surface area contributed by atoms with Gasteiger partial charge in [0.2, 0.25) is 0 Å². The number of thiazole rings is 1. The van der Waals surface area contributed by atoms with Crippen molar-refractivity contribution in [1.29, 1.82) is 0 Å². The fourth-order valence-electron chi connectivity index (χ4n) is 1.98. The third kappa shape index (κ3) is 2.98. The van der Waals surface area contributed by atoms with Gasteiger partial charge in [-0.25, -0.2) is 4.98 Å². The molecule has 6 heteroatoms. The van der Waals surface area contributed by atoms with Crippen LogP contribution in [0.4, 0.5) is 0 Å². The predicted octanol–water partition coefficient (Wildman–Crippen LogP) is 3.45. The Morgan fingerprint density at radius 1 is 1.30 bits per heavy atom. The third-order valence-corrected chi connectivity index (χ3v) is 5.06. The molecule has 0 bridgehead atoms. The molecule has 0 saturated carbocycles. The Kier molecular flexibility index (Phi) is 4.25. The third-order valence-electron chi connectivity index (χ3n) is 3.03. The summed E-state index contributed by atoms with van der Waals surface area (Å²) in [5.41, 5.74) is 2.31. The fraction of sp³-hybridized carbons (Fsp3) is 0.286. The van der Waals surface area contributed by atoms with Gasteiger partial charge in [-0.2, -0.15) is 5.10 Å². The molecule has 4 nitrogen and oxygen atoms in total. The van der Waals surface area contributed by atoms with Crippen molar-refractivity contribution in [3.63, 3.8) is 0 Å². The zero-order valence-electron chi connectivity index (χ0n) is 11.2. The largest absolute Gasteiger partial charge is 0.306 e. The maximum atomic E-state index is 4.41. The maximum Gasteiger partial charge on any atom is 0.107 e. The molecule has 3 aromatic rings. The molecule has 20 heavy (non-hydrogen) atoms. The topological polar surface area (TPSA) is 53.6 Å². The molecule has 0 aliphatic carbocycles. The van der Waals surface area contributed by atoms with Crippen LogP contribution in [0.25, 0.3) is 10.6 Å². The Hall–Kier alpha value is -1.50. The molecule has 0 spiro atoms. The van der Waals surface area contributed by atoms with E-state index in [0.29, 0.717) is 0 Å². The number of aromatic nitrogens is 3. The van der Waals surface area contributed by atoms with Crippen molar-refractivity contribution in [3.05, 3.63) is 45.4 Å². The van der Waals surface area contributed by atoms with Crippen LogP contribution in [-0.4, -0.2) is 15.2 Å². The number of H-pyrrole nitrogens is 1. The number of hydrogen-bond donors (Lipinski definition) is 2. The number of rotatable bonds is 6. The molecule has 3 rings (SSSR count). The molecule has 0 amide bonds. The van der Waals surface area contributed by atoms with Crippen molar-refractivity contribution < 1.29 is 0 Å². The van der Waals surface area contributed by atoms with Crippen molar-refractivity contribution in [2.45, 2.75) is 26.4 Å². The highest BCUT2D eigenvalue weighted by Gasteiger charge is 2.08. The van der Waals surface area contributed by atoms with E-state index in [-0.39, 0.29) is 0 Å². The number of aromatic amines is 1. The summed E-state index contributed by atoms with van der Waals surface area (Å²) in [6, 6.07) is 4.16. The van der Waals surface area contributed by atoms with E-state index in [9.17, 15) is 0 Å². The van der Waals surface area contributed by atoms with Gasteiger partial charge in [-0.15, -0.1) is 22.7 Å². The minimum atomic E-state index is 0.796. The standard InChI is InChI=1S/C14H16N4S2/c1-2-11-8-16-13(20-11)9-15-6-10-7-17-18-14(10)12-4-3-5-19-12/h3-5,7-8,15H,2,6,9H2,1H3,(H,17,18). The van der Waals surface area contributed by atoms with E-state index in [1.165, 1.54) is 15.3 Å². The minimum absolute atomic E-state index is 0.796. The van der Waals surface area contributed by atoms with Gasteiger partial charge in [-0.1, -0.05) is 13.0 Å². The molecule has 0 unspecified atom stereocenters. The summed E-state index contributed by atoms with van der Waals surface area (Å²) < 4.78 is 0. The average Bonchev–Trinajstić information content (AvgIpc) is 3.20. The lowest BCUT2D eigenvalue weighted by Crippen LogP contribution is -2.12. The molecule has 3 heterocycles. The van der Waals surface area contributed by atoms with Gasteiger partial charge in [0.05, 0.1) is 16.8 Å². The fourth-order valence-corrected chi connectivity index (χ4v) is 3.56. The first-order valence-electron chi connectivity index (χ1n) is 6.57. The van der Waals surface area contributed by atoms with Crippen LogP contribution in [0.3, 0.4) is 0 Å². The molecule has 3 aromatic heterocycles. The molecule has 0 aliphatic heterocycles. The molecule has 0 radical (unpaired) electrons. The summed E-state index contributed by atoms with van der Waals surface area (Å²) in [7, 11) is 0. The van der Waals surface area contributed by atoms with Crippen molar-refractivity contribution in [2.24, 2.45) is 0 Å². The lowest BCUT2D eigenvalue weighted by atomic mass is 10.2. The van der Waals surface area contributed by atoms with Crippen LogP contribution < -0.4 is 5.32 Å². The second kappa shape index (κ2) is 6.30. The van der Waals surface area contributed by atoms with E-state index in [2.05, 4.69) is 44.9 Å². The van der Waals surface area contributed by atoms with Crippen LogP contribution in [0.5, 0.6) is 0 Å². The molecule has 2 N–H and O–H groups in total. The average molecular weight is 304 g/mol. The molecule has 0 aromatic carbocycles. The predicted molar refractivity (Wildman–Crippen MR) is 83.9 cm³/mol. The molecule has 0 fully saturated rings. The van der Waals surface area contributed by atoms with Gasteiger partial charge in [0.25, 0.3) is 0 Å². The number of nitrogens with one attached hydrogen (secondary N) is 2. The summed E-state index contributed by atoms with van der Waals surface area (Å²) in [6.07, 6.45) is 4.92. The summed E-state index contributed by atoms with van der Waals surface area (Å²) in [5, 5.41) is 13.9. The van der Waals surface area contributed by atoms with Gasteiger partial charge in [-0.05, 0) is 17.9 Å². The molecular formula is C14H16N4S2. The van der Waals surface area contributed by atoms with Crippen LogP contribution in [-0.2, 0) is 19.5 Å². The summed E-state index contributed by atoms with van der Waals surface area (Å²) >= 11 is 3.50. The minimum Gasteiger partial charge on any atom is -0.306 e. The Balaban J connectivity index is 1.60. The highest BCUT2D eigenvalue weighted by atomic mass is 32.1. The number of thiophene rings is 1. The van der Waals surface area contributed by atoms with Crippen LogP contribution in [0.15, 0.2) is 29.9 Å². The lowest BCUT2D eigenvalue weighted by Gasteiger charge is -2.02. The van der Waals surface area contributed by atoms with Gasteiger partial charge in [-0.3, -0.25) is 5.10 Å². The van der Waals surface area contributed by atoms with Gasteiger partial charge in [0, 0.05) is 29.7 Å². The molecule has 0 atom stereocenters. The molecule has 104 valence electrons. The monoisotopic (exact) mass is 304 g/mol. The quantitative estimate of drug-likeness (QED) is 0.733. The second-order valence-electron chi connectivity index (χ2n) is 4.42. The van der Waals surface area contributed by atoms with Gasteiger partial charge < -0.3 is 5.32 Å². The number of aryl methyl sites for hydroxylation is 1. The zero-order chi connectivity index (χ0) is 13.8. The highest BCUT2D eigenvalue weighted by Crippen LogP contribution is 2.25. The van der Waals surface area contributed by atoms with E-state index in [4.69, 9.17) is 0 Å². The zero-order valence-corrected chi connectivity index (χ0v) is 12.9. The summed E-state index contributed by atoms with van der Waals surface area (Å²) in [6.45, 7) is 3.76. The van der Waals surface area contributed by atoms with E-state index >= 15 is 0 Å². The van der Waals surface area contributed by atoms with Crippen molar-refractivity contribution >= 4 is 22.7 Å². The maximum absolute atomic E-state index is 4.41. The van der Waals surface area contributed by atoms with Crippen LogP contribution in [0, 0.1) is 0 Å². The van der Waals surface area contributed by atoms with Crippen molar-refractivity contribution in [2.75, 3.05) is 0 Å². The van der Waals surface area contributed by atoms with Crippen LogP contribution >= 0.6 is 22.7 Å². The Labute approximate surface area is 125 Å². The van der Waals surface area contributed by atoms with Crippen molar-refractivity contribution in [3.8, 4) is 10.6 Å². The molecule has 0 aliphatic rings. The first kappa shape index (κ1) is 13.5.